The lowest BCUT2D eigenvalue weighted by Gasteiger charge is -2.21. The standard InChI is InChI=1S/C12H16FNO/c1-7(2)11-10(13)8(3)12-9(14-11)5-4-6-15-12/h7H,4-6H2,1-3H3. The molecular formula is C12H16FNO. The molecule has 0 fully saturated rings. The van der Waals surface area contributed by atoms with Gasteiger partial charge in [0.25, 0.3) is 0 Å². The summed E-state index contributed by atoms with van der Waals surface area (Å²) in [5.41, 5.74) is 2.10. The molecule has 1 aromatic heterocycles. The second-order valence-corrected chi connectivity index (χ2v) is 4.32. The first-order chi connectivity index (χ1) is 7.11. The number of rotatable bonds is 1. The lowest BCUT2D eigenvalue weighted by Crippen LogP contribution is -2.15. The van der Waals surface area contributed by atoms with Crippen LogP contribution < -0.4 is 4.74 Å². The Kier molecular flexibility index (Phi) is 2.63. The van der Waals surface area contributed by atoms with Crippen molar-refractivity contribution in [3.8, 4) is 5.75 Å². The number of ether oxygens (including phenoxy) is 1. The highest BCUT2D eigenvalue weighted by molar-refractivity contribution is 5.41. The first-order valence-electron chi connectivity index (χ1n) is 5.43. The van der Waals surface area contributed by atoms with E-state index in [1.54, 1.807) is 6.92 Å². The van der Waals surface area contributed by atoms with Crippen LogP contribution in [0.4, 0.5) is 4.39 Å². The minimum absolute atomic E-state index is 0.121. The SMILES string of the molecule is Cc1c(F)c(C(C)C)nc2c1OCCC2. The highest BCUT2D eigenvalue weighted by Crippen LogP contribution is 2.32. The van der Waals surface area contributed by atoms with Crippen molar-refractivity contribution < 1.29 is 9.13 Å². The Bertz CT molecular complexity index is 388. The molecule has 0 amide bonds. The largest absolute Gasteiger partial charge is 0.491 e. The maximum absolute atomic E-state index is 13.9. The normalized spacial score (nSPS) is 15.0. The van der Waals surface area contributed by atoms with Crippen molar-refractivity contribution in [2.75, 3.05) is 6.61 Å². The number of nitrogens with zero attached hydrogens (tertiary/aromatic N) is 1. The van der Waals surface area contributed by atoms with E-state index in [1.165, 1.54) is 0 Å². The van der Waals surface area contributed by atoms with Crippen LogP contribution in [0.15, 0.2) is 0 Å². The number of aryl methyl sites for hydroxylation is 1. The van der Waals surface area contributed by atoms with Gasteiger partial charge in [-0.3, -0.25) is 4.98 Å². The van der Waals surface area contributed by atoms with E-state index in [0.717, 1.165) is 18.5 Å². The topological polar surface area (TPSA) is 22.1 Å². The summed E-state index contributed by atoms with van der Waals surface area (Å²) in [6, 6.07) is 0. The second-order valence-electron chi connectivity index (χ2n) is 4.32. The Labute approximate surface area is 89.5 Å². The fraction of sp³-hybridized carbons (Fsp3) is 0.583. The second kappa shape index (κ2) is 3.80. The quantitative estimate of drug-likeness (QED) is 0.709. The van der Waals surface area contributed by atoms with E-state index in [-0.39, 0.29) is 11.7 Å². The van der Waals surface area contributed by atoms with Gasteiger partial charge in [0.15, 0.2) is 5.82 Å². The Morgan fingerprint density at radius 2 is 2.13 bits per heavy atom. The zero-order valence-electron chi connectivity index (χ0n) is 9.43. The molecule has 1 aliphatic heterocycles. The summed E-state index contributed by atoms with van der Waals surface area (Å²) < 4.78 is 19.4. The Balaban J connectivity index is 2.57. The lowest BCUT2D eigenvalue weighted by molar-refractivity contribution is 0.279. The minimum Gasteiger partial charge on any atom is -0.491 e. The number of fused-ring (bicyclic) bond motifs is 1. The molecule has 15 heavy (non-hydrogen) atoms. The highest BCUT2D eigenvalue weighted by Gasteiger charge is 2.21. The van der Waals surface area contributed by atoms with Gasteiger partial charge in [-0.1, -0.05) is 13.8 Å². The molecule has 0 aromatic carbocycles. The van der Waals surface area contributed by atoms with Crippen LogP contribution in [0, 0.1) is 12.7 Å². The van der Waals surface area contributed by atoms with Gasteiger partial charge in [0.2, 0.25) is 0 Å². The van der Waals surface area contributed by atoms with E-state index in [2.05, 4.69) is 4.98 Å². The van der Waals surface area contributed by atoms with Crippen molar-refractivity contribution >= 4 is 0 Å². The molecule has 0 bridgehead atoms. The summed E-state index contributed by atoms with van der Waals surface area (Å²) in [6.07, 6.45) is 1.87. The summed E-state index contributed by atoms with van der Waals surface area (Å²) >= 11 is 0. The van der Waals surface area contributed by atoms with Gasteiger partial charge in [-0.2, -0.15) is 0 Å². The van der Waals surface area contributed by atoms with Crippen molar-refractivity contribution in [2.45, 2.75) is 39.5 Å². The van der Waals surface area contributed by atoms with E-state index >= 15 is 0 Å². The van der Waals surface area contributed by atoms with Gasteiger partial charge in [0.1, 0.15) is 5.75 Å². The van der Waals surface area contributed by atoms with E-state index in [0.29, 0.717) is 23.6 Å². The fourth-order valence-electron chi connectivity index (χ4n) is 1.91. The van der Waals surface area contributed by atoms with Crippen LogP contribution in [0.5, 0.6) is 5.75 Å². The zero-order valence-corrected chi connectivity index (χ0v) is 9.43. The predicted octanol–water partition coefficient (Wildman–Crippen LogP) is 2.98. The molecule has 2 heterocycles. The molecule has 3 heteroatoms. The lowest BCUT2D eigenvalue weighted by atomic mass is 10.0. The van der Waals surface area contributed by atoms with Crippen molar-refractivity contribution in [3.05, 3.63) is 22.8 Å². The molecular weight excluding hydrogens is 193 g/mol. The molecule has 2 rings (SSSR count). The van der Waals surface area contributed by atoms with Crippen LogP contribution in [-0.2, 0) is 6.42 Å². The van der Waals surface area contributed by atoms with Gasteiger partial charge in [-0.15, -0.1) is 0 Å². The van der Waals surface area contributed by atoms with Crippen LogP contribution in [-0.4, -0.2) is 11.6 Å². The number of aromatic nitrogens is 1. The van der Waals surface area contributed by atoms with Crippen LogP contribution in [0.25, 0.3) is 0 Å². The third-order valence-corrected chi connectivity index (χ3v) is 2.76. The minimum atomic E-state index is -0.203. The molecule has 2 nitrogen and oxygen atoms in total. The van der Waals surface area contributed by atoms with E-state index in [9.17, 15) is 4.39 Å². The monoisotopic (exact) mass is 209 g/mol. The van der Waals surface area contributed by atoms with Gasteiger partial charge in [-0.05, 0) is 25.7 Å². The third kappa shape index (κ3) is 1.71. The van der Waals surface area contributed by atoms with Crippen LogP contribution in [0.3, 0.4) is 0 Å². The van der Waals surface area contributed by atoms with Crippen molar-refractivity contribution in [3.63, 3.8) is 0 Å². The van der Waals surface area contributed by atoms with Gasteiger partial charge in [0.05, 0.1) is 18.0 Å². The number of pyridine rings is 1. The molecule has 0 radical (unpaired) electrons. The first-order valence-corrected chi connectivity index (χ1v) is 5.43. The number of hydrogen-bond acceptors (Lipinski definition) is 2. The average Bonchev–Trinajstić information content (AvgIpc) is 2.23. The molecule has 0 saturated carbocycles. The summed E-state index contributed by atoms with van der Waals surface area (Å²) in [5.74, 6) is 0.588. The van der Waals surface area contributed by atoms with Crippen molar-refractivity contribution in [1.29, 1.82) is 0 Å². The third-order valence-electron chi connectivity index (χ3n) is 2.76. The summed E-state index contributed by atoms with van der Waals surface area (Å²) in [7, 11) is 0. The number of halogens is 1. The van der Waals surface area contributed by atoms with Crippen molar-refractivity contribution in [2.24, 2.45) is 0 Å². The van der Waals surface area contributed by atoms with Gasteiger partial charge < -0.3 is 4.74 Å². The average molecular weight is 209 g/mol. The molecule has 0 saturated heterocycles. The summed E-state index contributed by atoms with van der Waals surface area (Å²) in [5, 5.41) is 0. The Morgan fingerprint density at radius 3 is 2.80 bits per heavy atom. The van der Waals surface area contributed by atoms with Gasteiger partial charge >= 0.3 is 0 Å². The summed E-state index contributed by atoms with van der Waals surface area (Å²) in [4.78, 5) is 4.37. The number of hydrogen-bond donors (Lipinski definition) is 0. The molecule has 0 N–H and O–H groups in total. The molecule has 1 aromatic rings. The van der Waals surface area contributed by atoms with Crippen molar-refractivity contribution in [1.82, 2.24) is 4.98 Å². The van der Waals surface area contributed by atoms with E-state index in [1.807, 2.05) is 13.8 Å². The zero-order chi connectivity index (χ0) is 11.0. The molecule has 82 valence electrons. The summed E-state index contributed by atoms with van der Waals surface area (Å²) in [6.45, 7) is 6.37. The van der Waals surface area contributed by atoms with Crippen LogP contribution in [0.2, 0.25) is 0 Å². The molecule has 0 spiro atoms. The van der Waals surface area contributed by atoms with Gasteiger partial charge in [-0.25, -0.2) is 4.39 Å². The predicted molar refractivity (Wildman–Crippen MR) is 56.8 cm³/mol. The van der Waals surface area contributed by atoms with Gasteiger partial charge in [0, 0.05) is 5.56 Å². The molecule has 0 aliphatic carbocycles. The first kappa shape index (κ1) is 10.4. The van der Waals surface area contributed by atoms with Crippen LogP contribution >= 0.6 is 0 Å². The molecule has 0 atom stereocenters. The smallest absolute Gasteiger partial charge is 0.151 e. The Hall–Kier alpha value is -1.12. The highest BCUT2D eigenvalue weighted by atomic mass is 19.1. The van der Waals surface area contributed by atoms with E-state index in [4.69, 9.17) is 4.74 Å². The maximum atomic E-state index is 13.9. The Morgan fingerprint density at radius 1 is 1.40 bits per heavy atom. The van der Waals surface area contributed by atoms with E-state index < -0.39 is 0 Å². The maximum Gasteiger partial charge on any atom is 0.151 e. The molecule has 0 unspecified atom stereocenters. The fourth-order valence-corrected chi connectivity index (χ4v) is 1.91. The molecule has 1 aliphatic rings. The van der Waals surface area contributed by atoms with Crippen LogP contribution in [0.1, 0.15) is 43.1 Å².